The van der Waals surface area contributed by atoms with Crippen molar-refractivity contribution in [2.45, 2.75) is 30.3 Å². The molecule has 12 heteroatoms. The number of carboxylic acid groups (broad SMARTS) is 1. The van der Waals surface area contributed by atoms with Crippen molar-refractivity contribution in [3.05, 3.63) is 66.4 Å². The predicted molar refractivity (Wildman–Crippen MR) is 128 cm³/mol. The van der Waals surface area contributed by atoms with Crippen molar-refractivity contribution in [3.8, 4) is 21.9 Å². The first kappa shape index (κ1) is 25.6. The Hall–Kier alpha value is -3.51. The third-order valence-corrected chi connectivity index (χ3v) is 8.47. The minimum absolute atomic E-state index is 0.0322. The summed E-state index contributed by atoms with van der Waals surface area (Å²) in [4.78, 5) is 11.6. The Morgan fingerprint density at radius 2 is 1.86 bits per heavy atom. The van der Waals surface area contributed by atoms with Gasteiger partial charge in [0.2, 0.25) is 0 Å². The molecular weight excluding hydrogens is 519 g/mol. The Morgan fingerprint density at radius 3 is 2.56 bits per heavy atom. The van der Waals surface area contributed by atoms with Crippen LogP contribution in [0.5, 0.6) is 11.5 Å². The van der Waals surface area contributed by atoms with E-state index in [4.69, 9.17) is 9.84 Å². The van der Waals surface area contributed by atoms with Crippen molar-refractivity contribution in [2.75, 3.05) is 6.61 Å². The Balaban J connectivity index is 1.74. The van der Waals surface area contributed by atoms with Gasteiger partial charge in [-0.25, -0.2) is 3.97 Å². The fraction of sp³-hybridized carbons (Fsp3) is 0.208. The van der Waals surface area contributed by atoms with Gasteiger partial charge in [-0.1, -0.05) is 12.1 Å². The molecule has 0 fully saturated rings. The molecule has 4 aromatic rings. The van der Waals surface area contributed by atoms with Gasteiger partial charge in [-0.2, -0.15) is 8.42 Å². The molecule has 0 saturated heterocycles. The van der Waals surface area contributed by atoms with Gasteiger partial charge >= 0.3 is 12.3 Å². The third-order valence-electron chi connectivity index (χ3n) is 5.19. The van der Waals surface area contributed by atoms with Gasteiger partial charge < -0.3 is 14.6 Å². The van der Waals surface area contributed by atoms with Crippen LogP contribution in [0.4, 0.5) is 13.2 Å². The maximum absolute atomic E-state index is 13.6. The van der Waals surface area contributed by atoms with E-state index < -0.39 is 28.1 Å². The summed E-state index contributed by atoms with van der Waals surface area (Å²) in [7, 11) is -4.10. The van der Waals surface area contributed by atoms with Crippen molar-refractivity contribution in [3.63, 3.8) is 0 Å². The van der Waals surface area contributed by atoms with E-state index in [1.807, 2.05) is 6.92 Å². The van der Waals surface area contributed by atoms with Crippen LogP contribution in [-0.4, -0.2) is 36.4 Å². The number of carbonyl (C=O) groups is 1. The molecule has 2 heterocycles. The molecule has 0 aliphatic rings. The maximum atomic E-state index is 13.6. The second-order valence-corrected chi connectivity index (χ2v) is 10.8. The van der Waals surface area contributed by atoms with Gasteiger partial charge in [0, 0.05) is 22.9 Å². The molecule has 0 radical (unpaired) electrons. The second-order valence-electron chi connectivity index (χ2n) is 7.66. The molecule has 4 rings (SSSR count). The lowest BCUT2D eigenvalue weighted by molar-refractivity contribution is -0.274. The largest absolute Gasteiger partial charge is 0.573 e. The molecule has 2 aromatic carbocycles. The number of aromatic nitrogens is 1. The van der Waals surface area contributed by atoms with Gasteiger partial charge in [-0.05, 0) is 66.9 Å². The molecule has 0 atom stereocenters. The fourth-order valence-electron chi connectivity index (χ4n) is 3.70. The van der Waals surface area contributed by atoms with E-state index in [0.29, 0.717) is 39.3 Å². The topological polar surface area (TPSA) is 94.8 Å². The van der Waals surface area contributed by atoms with Crippen LogP contribution < -0.4 is 9.47 Å². The highest BCUT2D eigenvalue weighted by molar-refractivity contribution is 7.92. The van der Waals surface area contributed by atoms with Crippen LogP contribution in [0.25, 0.3) is 21.3 Å². The Kier molecular flexibility index (Phi) is 7.01. The molecule has 0 amide bonds. The number of halogens is 3. The van der Waals surface area contributed by atoms with Crippen LogP contribution in [-0.2, 0) is 21.2 Å². The van der Waals surface area contributed by atoms with Crippen molar-refractivity contribution >= 4 is 38.2 Å². The van der Waals surface area contributed by atoms with Crippen molar-refractivity contribution in [1.29, 1.82) is 0 Å². The number of alkyl halides is 3. The lowest BCUT2D eigenvalue weighted by Crippen LogP contribution is -2.17. The monoisotopic (exact) mass is 539 g/mol. The molecule has 0 aliphatic heterocycles. The lowest BCUT2D eigenvalue weighted by Gasteiger charge is -2.09. The van der Waals surface area contributed by atoms with E-state index in [9.17, 15) is 26.4 Å². The van der Waals surface area contributed by atoms with Crippen LogP contribution in [0.2, 0.25) is 0 Å². The number of thiophene rings is 1. The van der Waals surface area contributed by atoms with Crippen LogP contribution in [0.3, 0.4) is 0 Å². The predicted octanol–water partition coefficient (Wildman–Crippen LogP) is 5.92. The van der Waals surface area contributed by atoms with E-state index in [1.165, 1.54) is 30.5 Å². The summed E-state index contributed by atoms with van der Waals surface area (Å²) in [5, 5.41) is 9.66. The molecule has 0 unspecified atom stereocenters. The zero-order chi connectivity index (χ0) is 26.1. The molecule has 0 spiro atoms. The average molecular weight is 540 g/mol. The second kappa shape index (κ2) is 9.86. The first-order chi connectivity index (χ1) is 17.0. The quantitative estimate of drug-likeness (QED) is 0.284. The first-order valence-corrected chi connectivity index (χ1v) is 12.9. The smallest absolute Gasteiger partial charge is 0.494 e. The molecule has 1 N–H and O–H groups in total. The van der Waals surface area contributed by atoms with Crippen molar-refractivity contribution in [1.82, 2.24) is 3.97 Å². The number of nitrogens with zero attached hydrogens (tertiary/aromatic N) is 1. The van der Waals surface area contributed by atoms with Crippen molar-refractivity contribution in [2.24, 2.45) is 0 Å². The van der Waals surface area contributed by atoms with Crippen molar-refractivity contribution < 1.29 is 41.0 Å². The minimum Gasteiger partial charge on any atom is -0.494 e. The summed E-state index contributed by atoms with van der Waals surface area (Å²) < 4.78 is 75.4. The summed E-state index contributed by atoms with van der Waals surface area (Å²) in [6.07, 6.45) is -3.52. The number of aliphatic carboxylic acids is 1. The standard InChI is InChI=1S/C24H20F3NO6S2/c1-2-33-17-7-8-20-19(13-17)16(6-10-22(29)30)14-28(20)36(31,32)23-11-9-21(35-23)15-4-3-5-18(12-15)34-24(25,26)27/h3-5,7-9,11-14H,2,6,10H2,1H3,(H,29,30). The zero-order valence-electron chi connectivity index (χ0n) is 18.8. The molecular formula is C24H20F3NO6S2. The van der Waals surface area contributed by atoms with Gasteiger partial charge in [0.15, 0.2) is 0 Å². The molecule has 0 saturated carbocycles. The van der Waals surface area contributed by atoms with E-state index in [1.54, 1.807) is 24.3 Å². The molecule has 36 heavy (non-hydrogen) atoms. The number of hydrogen-bond acceptors (Lipinski definition) is 6. The minimum atomic E-state index is -4.85. The molecule has 0 bridgehead atoms. The van der Waals surface area contributed by atoms with E-state index in [0.717, 1.165) is 21.4 Å². The molecule has 0 aliphatic carbocycles. The number of carboxylic acids is 1. The van der Waals surface area contributed by atoms with Gasteiger partial charge in [-0.15, -0.1) is 24.5 Å². The molecule has 2 aromatic heterocycles. The van der Waals surface area contributed by atoms with E-state index >= 15 is 0 Å². The SMILES string of the molecule is CCOc1ccc2c(c1)c(CCC(=O)O)cn2S(=O)(=O)c1ccc(-c2cccc(OC(F)(F)F)c2)s1. The Labute approximate surface area is 208 Å². The van der Waals surface area contributed by atoms with Gasteiger partial charge in [-0.3, -0.25) is 4.79 Å². The van der Waals surface area contributed by atoms with E-state index in [-0.39, 0.29) is 17.1 Å². The van der Waals surface area contributed by atoms with Crippen LogP contribution in [0, 0.1) is 0 Å². The van der Waals surface area contributed by atoms with Crippen LogP contribution in [0.1, 0.15) is 18.9 Å². The average Bonchev–Trinajstić information content (AvgIpc) is 3.43. The molecule has 190 valence electrons. The van der Waals surface area contributed by atoms with E-state index in [2.05, 4.69) is 4.74 Å². The number of benzene rings is 2. The number of aryl methyl sites for hydroxylation is 1. The zero-order valence-corrected chi connectivity index (χ0v) is 20.4. The third kappa shape index (κ3) is 5.49. The fourth-order valence-corrected chi connectivity index (χ4v) is 6.48. The van der Waals surface area contributed by atoms with Crippen LogP contribution in [0.15, 0.2) is 65.0 Å². The normalized spacial score (nSPS) is 12.1. The summed E-state index contributed by atoms with van der Waals surface area (Å²) in [5.74, 6) is -0.905. The van der Waals surface area contributed by atoms with Crippen LogP contribution >= 0.6 is 11.3 Å². The van der Waals surface area contributed by atoms with Gasteiger partial charge in [0.1, 0.15) is 15.7 Å². The number of hydrogen-bond donors (Lipinski definition) is 1. The number of fused-ring (bicyclic) bond motifs is 1. The summed E-state index contributed by atoms with van der Waals surface area (Å²) in [6, 6.07) is 13.1. The lowest BCUT2D eigenvalue weighted by atomic mass is 10.1. The highest BCUT2D eigenvalue weighted by Gasteiger charge is 2.31. The maximum Gasteiger partial charge on any atom is 0.573 e. The van der Waals surface area contributed by atoms with Gasteiger partial charge in [0.05, 0.1) is 12.1 Å². The summed E-state index contributed by atoms with van der Waals surface area (Å²) >= 11 is 0.897. The highest BCUT2D eigenvalue weighted by atomic mass is 32.2. The highest BCUT2D eigenvalue weighted by Crippen LogP contribution is 2.36. The van der Waals surface area contributed by atoms with Gasteiger partial charge in [0.25, 0.3) is 10.0 Å². The summed E-state index contributed by atoms with van der Waals surface area (Å²) in [5.41, 5.74) is 1.25. The Bertz CT molecular complexity index is 1520. The number of ether oxygens (including phenoxy) is 2. The number of rotatable bonds is 9. The Morgan fingerprint density at radius 1 is 1.08 bits per heavy atom. The summed E-state index contributed by atoms with van der Waals surface area (Å²) in [6.45, 7) is 2.21. The first-order valence-electron chi connectivity index (χ1n) is 10.7. The molecule has 7 nitrogen and oxygen atoms in total.